The highest BCUT2D eigenvalue weighted by Crippen LogP contribution is 2.21. The van der Waals surface area contributed by atoms with Crippen molar-refractivity contribution in [3.8, 4) is 22.6 Å². The van der Waals surface area contributed by atoms with E-state index in [9.17, 15) is 4.79 Å². The van der Waals surface area contributed by atoms with Crippen LogP contribution in [0.25, 0.3) is 22.6 Å². The van der Waals surface area contributed by atoms with Crippen molar-refractivity contribution in [2.24, 2.45) is 0 Å². The summed E-state index contributed by atoms with van der Waals surface area (Å²) < 4.78 is 5.08. The van der Waals surface area contributed by atoms with Gasteiger partial charge in [0.1, 0.15) is 17.3 Å². The third-order valence-electron chi connectivity index (χ3n) is 5.34. The Morgan fingerprint density at radius 3 is 2.42 bits per heavy atom. The lowest BCUT2D eigenvalue weighted by molar-refractivity contribution is 0.0946. The number of carbonyl (C=O) groups excluding carboxylic acids is 1. The number of benzene rings is 1. The molecule has 0 unspecified atom stereocenters. The number of aromatic nitrogens is 5. The number of amides is 1. The summed E-state index contributed by atoms with van der Waals surface area (Å²) in [4.78, 5) is 30.4. The van der Waals surface area contributed by atoms with Gasteiger partial charge in [0.2, 0.25) is 0 Å². The highest BCUT2D eigenvalue weighted by Gasteiger charge is 2.11. The maximum absolute atomic E-state index is 12.6. The number of rotatable bonds is 7. The third-order valence-corrected chi connectivity index (χ3v) is 5.34. The number of anilines is 2. The highest BCUT2D eigenvalue weighted by molar-refractivity contribution is 5.92. The Kier molecular flexibility index (Phi) is 6.44. The smallest absolute Gasteiger partial charge is 0.270 e. The van der Waals surface area contributed by atoms with Gasteiger partial charge < -0.3 is 15.2 Å². The Morgan fingerprint density at radius 2 is 1.72 bits per heavy atom. The molecule has 178 valence electrons. The number of carbonyl (C=O) groups is 1. The Hall–Kier alpha value is -4.92. The predicted molar refractivity (Wildman–Crippen MR) is 135 cm³/mol. The maximum atomic E-state index is 12.6. The summed E-state index contributed by atoms with van der Waals surface area (Å²) in [5.74, 6) is 2.05. The van der Waals surface area contributed by atoms with Crippen molar-refractivity contribution in [3.63, 3.8) is 0 Å². The minimum absolute atomic E-state index is 0.275. The molecule has 0 saturated carbocycles. The van der Waals surface area contributed by atoms with E-state index in [1.807, 2.05) is 62.4 Å². The molecule has 0 radical (unpaired) electrons. The van der Waals surface area contributed by atoms with Crippen LogP contribution >= 0.6 is 0 Å². The molecule has 0 saturated heterocycles. The molecule has 0 fully saturated rings. The molecule has 5 aromatic rings. The van der Waals surface area contributed by atoms with E-state index in [-0.39, 0.29) is 5.91 Å². The topological polar surface area (TPSA) is 119 Å². The third kappa shape index (κ3) is 5.41. The van der Waals surface area contributed by atoms with Crippen molar-refractivity contribution in [2.45, 2.75) is 20.4 Å². The molecule has 0 atom stereocenters. The largest absolute Gasteiger partial charge is 0.360 e. The summed E-state index contributed by atoms with van der Waals surface area (Å²) in [6, 6.07) is 20.9. The standard InChI is InChI=1S/C27H23N7O2/c1-17-12-24(32-25-13-18(2)36-34-25)33-26(31-17)21-9-11-23(29-16-21)27(35)30-15-19-8-10-22(28-14-19)20-6-4-3-5-7-20/h3-14,16H,15H2,1-2H3,(H,30,35)(H,31,32,33,34). The van der Waals surface area contributed by atoms with Crippen LogP contribution in [-0.4, -0.2) is 31.0 Å². The molecule has 9 heteroatoms. The van der Waals surface area contributed by atoms with Gasteiger partial charge in [0.25, 0.3) is 5.91 Å². The monoisotopic (exact) mass is 477 g/mol. The molecular weight excluding hydrogens is 454 g/mol. The molecule has 0 bridgehead atoms. The fourth-order valence-corrected chi connectivity index (χ4v) is 3.56. The molecule has 0 aliphatic carbocycles. The zero-order chi connectivity index (χ0) is 24.9. The van der Waals surface area contributed by atoms with E-state index in [0.29, 0.717) is 41.0 Å². The number of nitrogens with one attached hydrogen (secondary N) is 2. The number of hydrogen-bond donors (Lipinski definition) is 2. The lowest BCUT2D eigenvalue weighted by atomic mass is 10.1. The summed E-state index contributed by atoms with van der Waals surface area (Å²) in [6.45, 7) is 4.04. The van der Waals surface area contributed by atoms with Gasteiger partial charge in [-0.05, 0) is 37.6 Å². The van der Waals surface area contributed by atoms with E-state index in [1.165, 1.54) is 0 Å². The van der Waals surface area contributed by atoms with Gasteiger partial charge in [-0.25, -0.2) is 9.97 Å². The lowest BCUT2D eigenvalue weighted by Gasteiger charge is -2.08. The molecule has 9 nitrogen and oxygen atoms in total. The molecule has 1 amide bonds. The molecule has 4 heterocycles. The first-order valence-electron chi connectivity index (χ1n) is 11.3. The van der Waals surface area contributed by atoms with Crippen LogP contribution in [0.1, 0.15) is 27.5 Å². The second-order valence-corrected chi connectivity index (χ2v) is 8.20. The van der Waals surface area contributed by atoms with E-state index in [4.69, 9.17) is 4.52 Å². The van der Waals surface area contributed by atoms with E-state index in [0.717, 1.165) is 22.5 Å². The normalized spacial score (nSPS) is 10.7. The van der Waals surface area contributed by atoms with Crippen LogP contribution in [-0.2, 0) is 6.54 Å². The zero-order valence-corrected chi connectivity index (χ0v) is 19.8. The SMILES string of the molecule is Cc1cc(Nc2cc(C)on2)nc(-c2ccc(C(=O)NCc3ccc(-c4ccccc4)nc3)nc2)n1. The van der Waals surface area contributed by atoms with Crippen molar-refractivity contribution < 1.29 is 9.32 Å². The molecule has 2 N–H and O–H groups in total. The van der Waals surface area contributed by atoms with Crippen LogP contribution in [0.3, 0.4) is 0 Å². The Bertz CT molecular complexity index is 1480. The van der Waals surface area contributed by atoms with E-state index in [1.54, 1.807) is 30.6 Å². The van der Waals surface area contributed by atoms with Crippen molar-refractivity contribution >= 4 is 17.5 Å². The van der Waals surface area contributed by atoms with Crippen molar-refractivity contribution in [2.75, 3.05) is 5.32 Å². The van der Waals surface area contributed by atoms with Gasteiger partial charge in [0, 0.05) is 47.9 Å². The fraction of sp³-hybridized carbons (Fsp3) is 0.111. The van der Waals surface area contributed by atoms with Crippen molar-refractivity contribution in [1.82, 2.24) is 30.4 Å². The summed E-state index contributed by atoms with van der Waals surface area (Å²) in [6.07, 6.45) is 3.35. The summed E-state index contributed by atoms with van der Waals surface area (Å²) in [5, 5.41) is 9.91. The van der Waals surface area contributed by atoms with Gasteiger partial charge in [-0.15, -0.1) is 0 Å². The van der Waals surface area contributed by atoms with Gasteiger partial charge in [-0.1, -0.05) is 41.6 Å². The Labute approximate surface area is 207 Å². The molecule has 5 rings (SSSR count). The van der Waals surface area contributed by atoms with E-state index < -0.39 is 0 Å². The maximum Gasteiger partial charge on any atom is 0.270 e. The first-order chi connectivity index (χ1) is 17.5. The minimum atomic E-state index is -0.275. The van der Waals surface area contributed by atoms with Crippen molar-refractivity contribution in [1.29, 1.82) is 0 Å². The average molecular weight is 478 g/mol. The molecule has 4 aromatic heterocycles. The summed E-state index contributed by atoms with van der Waals surface area (Å²) in [7, 11) is 0. The van der Waals surface area contributed by atoms with Gasteiger partial charge in [0.15, 0.2) is 11.6 Å². The minimum Gasteiger partial charge on any atom is -0.360 e. The quantitative estimate of drug-likeness (QED) is 0.340. The molecule has 1 aromatic carbocycles. The second-order valence-electron chi connectivity index (χ2n) is 8.20. The summed E-state index contributed by atoms with van der Waals surface area (Å²) >= 11 is 0. The lowest BCUT2D eigenvalue weighted by Crippen LogP contribution is -2.23. The van der Waals surface area contributed by atoms with Crippen LogP contribution < -0.4 is 10.6 Å². The fourth-order valence-electron chi connectivity index (χ4n) is 3.56. The van der Waals surface area contributed by atoms with Gasteiger partial charge >= 0.3 is 0 Å². The zero-order valence-electron chi connectivity index (χ0n) is 19.8. The van der Waals surface area contributed by atoms with Gasteiger partial charge in [0.05, 0.1) is 5.69 Å². The highest BCUT2D eigenvalue weighted by atomic mass is 16.5. The average Bonchev–Trinajstić information content (AvgIpc) is 3.32. The first kappa shape index (κ1) is 22.9. The van der Waals surface area contributed by atoms with Crippen molar-refractivity contribution in [3.05, 3.63) is 102 Å². The van der Waals surface area contributed by atoms with Gasteiger partial charge in [-0.3, -0.25) is 14.8 Å². The number of hydrogen-bond acceptors (Lipinski definition) is 8. The van der Waals surface area contributed by atoms with Crippen LogP contribution in [0.15, 0.2) is 83.6 Å². The van der Waals surface area contributed by atoms with E-state index >= 15 is 0 Å². The molecular formula is C27H23N7O2. The van der Waals surface area contributed by atoms with E-state index in [2.05, 4.69) is 35.7 Å². The number of nitrogens with zero attached hydrogens (tertiary/aromatic N) is 5. The van der Waals surface area contributed by atoms with Crippen LogP contribution in [0.5, 0.6) is 0 Å². The van der Waals surface area contributed by atoms with Crippen LogP contribution in [0, 0.1) is 13.8 Å². The van der Waals surface area contributed by atoms with Crippen LogP contribution in [0.4, 0.5) is 11.6 Å². The number of pyridine rings is 2. The Morgan fingerprint density at radius 1 is 0.861 bits per heavy atom. The predicted octanol–water partition coefficient (Wildman–Crippen LogP) is 4.88. The molecule has 36 heavy (non-hydrogen) atoms. The molecule has 0 aliphatic heterocycles. The molecule has 0 spiro atoms. The Balaban J connectivity index is 1.23. The van der Waals surface area contributed by atoms with Crippen LogP contribution in [0.2, 0.25) is 0 Å². The second kappa shape index (κ2) is 10.1. The summed E-state index contributed by atoms with van der Waals surface area (Å²) in [5.41, 5.74) is 4.60. The molecule has 0 aliphatic rings. The number of aryl methyl sites for hydroxylation is 2. The van der Waals surface area contributed by atoms with Gasteiger partial charge in [-0.2, -0.15) is 0 Å². The first-order valence-corrected chi connectivity index (χ1v) is 11.3.